The Labute approximate surface area is 131 Å². The molecule has 1 aliphatic rings. The highest BCUT2D eigenvalue weighted by atomic mass is 79.9. The molecule has 0 amide bonds. The molecule has 3 nitrogen and oxygen atoms in total. The number of halogens is 1. The van der Waals surface area contributed by atoms with Crippen LogP contribution in [0.15, 0.2) is 29.2 Å². The second-order valence-electron chi connectivity index (χ2n) is 4.88. The predicted molar refractivity (Wildman–Crippen MR) is 85.0 cm³/mol. The molecule has 108 valence electrons. The first-order chi connectivity index (χ1) is 9.42. The first-order valence-electron chi connectivity index (χ1n) is 6.32. The van der Waals surface area contributed by atoms with Gasteiger partial charge in [0.2, 0.25) is 0 Å². The van der Waals surface area contributed by atoms with Crippen molar-refractivity contribution in [1.82, 2.24) is 0 Å². The number of methoxy groups -OCH3 is 1. The molecular weight excluding hydrogens is 340 g/mol. The number of thioether (sulfide) groups is 1. The summed E-state index contributed by atoms with van der Waals surface area (Å²) in [5.41, 5.74) is 2.71. The van der Waals surface area contributed by atoms with E-state index in [4.69, 9.17) is 9.47 Å². The zero-order valence-electron chi connectivity index (χ0n) is 11.7. The molecule has 1 atom stereocenters. The van der Waals surface area contributed by atoms with Gasteiger partial charge in [-0.05, 0) is 38.0 Å². The summed E-state index contributed by atoms with van der Waals surface area (Å²) in [6, 6.07) is 3.62. The zero-order chi connectivity index (χ0) is 14.9. The fraction of sp³-hybridized carbons (Fsp3) is 0.400. The maximum Gasteiger partial charge on any atom is 0.338 e. The first-order valence-corrected chi connectivity index (χ1v) is 8.12. The number of carbonyl (C=O) groups is 1. The van der Waals surface area contributed by atoms with Crippen LogP contribution in [-0.2, 0) is 11.2 Å². The summed E-state index contributed by atoms with van der Waals surface area (Å²) >= 11 is 5.22. The number of alkyl halides is 1. The summed E-state index contributed by atoms with van der Waals surface area (Å²) in [5, 5.41) is 0. The van der Waals surface area contributed by atoms with Crippen LogP contribution in [0.1, 0.15) is 29.8 Å². The zero-order valence-corrected chi connectivity index (χ0v) is 14.1. The van der Waals surface area contributed by atoms with E-state index in [0.29, 0.717) is 5.56 Å². The fourth-order valence-corrected chi connectivity index (χ4v) is 3.75. The average Bonchev–Trinajstić information content (AvgIpc) is 2.39. The maximum absolute atomic E-state index is 11.8. The van der Waals surface area contributed by atoms with Crippen molar-refractivity contribution in [3.8, 4) is 5.75 Å². The Bertz CT molecular complexity index is 554. The molecule has 0 radical (unpaired) electrons. The number of hydrogen-bond donors (Lipinski definition) is 0. The molecular formula is C15H17BrO3S. The van der Waals surface area contributed by atoms with Crippen molar-refractivity contribution >= 4 is 33.7 Å². The topological polar surface area (TPSA) is 35.5 Å². The Kier molecular flexibility index (Phi) is 4.81. The number of ether oxygens (including phenoxy) is 2. The molecule has 1 aliphatic heterocycles. The van der Waals surface area contributed by atoms with Crippen molar-refractivity contribution in [3.63, 3.8) is 0 Å². The van der Waals surface area contributed by atoms with Crippen LogP contribution in [-0.4, -0.2) is 23.3 Å². The number of carbonyl (C=O) groups excluding carboxylic acids is 1. The van der Waals surface area contributed by atoms with Crippen LogP contribution in [0.4, 0.5) is 0 Å². The number of fused-ring (bicyclic) bond motifs is 1. The lowest BCUT2D eigenvalue weighted by Gasteiger charge is -2.26. The summed E-state index contributed by atoms with van der Waals surface area (Å²) in [6.45, 7) is 8.01. The molecule has 20 heavy (non-hydrogen) atoms. The Morgan fingerprint density at radius 3 is 2.80 bits per heavy atom. The van der Waals surface area contributed by atoms with Crippen LogP contribution in [0.3, 0.4) is 0 Å². The van der Waals surface area contributed by atoms with Crippen molar-refractivity contribution < 1.29 is 14.3 Å². The van der Waals surface area contributed by atoms with E-state index in [1.165, 1.54) is 7.11 Å². The Morgan fingerprint density at radius 1 is 1.50 bits per heavy atom. The van der Waals surface area contributed by atoms with Gasteiger partial charge in [-0.25, -0.2) is 4.79 Å². The minimum atomic E-state index is -0.350. The average molecular weight is 357 g/mol. The highest BCUT2D eigenvalue weighted by Crippen LogP contribution is 2.44. The van der Waals surface area contributed by atoms with Gasteiger partial charge in [-0.1, -0.05) is 22.5 Å². The molecule has 2 rings (SSSR count). The number of benzene rings is 1. The number of hydrogen-bond acceptors (Lipinski definition) is 4. The lowest BCUT2D eigenvalue weighted by Crippen LogP contribution is -2.14. The van der Waals surface area contributed by atoms with Gasteiger partial charge in [0.05, 0.1) is 22.9 Å². The van der Waals surface area contributed by atoms with Gasteiger partial charge < -0.3 is 9.47 Å². The third-order valence-electron chi connectivity index (χ3n) is 2.91. The molecule has 0 N–H and O–H groups in total. The van der Waals surface area contributed by atoms with Crippen molar-refractivity contribution in [3.05, 3.63) is 35.4 Å². The minimum absolute atomic E-state index is 0.0481. The first kappa shape index (κ1) is 15.4. The van der Waals surface area contributed by atoms with Gasteiger partial charge in [-0.2, -0.15) is 0 Å². The van der Waals surface area contributed by atoms with Gasteiger partial charge in [0.25, 0.3) is 0 Å². The van der Waals surface area contributed by atoms with E-state index < -0.39 is 0 Å². The molecule has 0 aromatic heterocycles. The molecule has 5 heteroatoms. The van der Waals surface area contributed by atoms with Gasteiger partial charge in [0.15, 0.2) is 0 Å². The van der Waals surface area contributed by atoms with Gasteiger partial charge in [-0.3, -0.25) is 0 Å². The Balaban J connectivity index is 2.50. The van der Waals surface area contributed by atoms with E-state index in [9.17, 15) is 4.79 Å². The largest absolute Gasteiger partial charge is 0.491 e. The van der Waals surface area contributed by atoms with Gasteiger partial charge >= 0.3 is 5.97 Å². The quantitative estimate of drug-likeness (QED) is 0.462. The smallest absolute Gasteiger partial charge is 0.338 e. The molecule has 1 aromatic rings. The van der Waals surface area contributed by atoms with Crippen molar-refractivity contribution in [2.24, 2.45) is 0 Å². The SMILES string of the molecule is C=C1Cc2c(OC(C)C)cc(C(=O)OC)cc2SC1Br. The summed E-state index contributed by atoms with van der Waals surface area (Å²) in [4.78, 5) is 12.8. The standard InChI is InChI=1S/C15H17BrO3S/c1-8(2)19-12-6-10(15(17)18-4)7-13-11(12)5-9(3)14(16)20-13/h6-8,14H,3,5H2,1-2,4H3. The fourth-order valence-electron chi connectivity index (χ4n) is 2.00. The van der Waals surface area contributed by atoms with E-state index in [2.05, 4.69) is 22.5 Å². The molecule has 0 aliphatic carbocycles. The van der Waals surface area contributed by atoms with Crippen molar-refractivity contribution in [2.75, 3.05) is 7.11 Å². The summed E-state index contributed by atoms with van der Waals surface area (Å²) < 4.78 is 10.8. The molecule has 0 saturated heterocycles. The van der Waals surface area contributed by atoms with Gasteiger partial charge in [-0.15, -0.1) is 11.8 Å². The maximum atomic E-state index is 11.8. The summed E-state index contributed by atoms with van der Waals surface area (Å²) in [7, 11) is 1.38. The van der Waals surface area contributed by atoms with E-state index in [1.807, 2.05) is 19.9 Å². The Morgan fingerprint density at radius 2 is 2.20 bits per heavy atom. The summed E-state index contributed by atoms with van der Waals surface area (Å²) in [5.74, 6) is 0.392. The number of rotatable bonds is 3. The molecule has 1 aromatic carbocycles. The highest BCUT2D eigenvalue weighted by Gasteiger charge is 2.25. The lowest BCUT2D eigenvalue weighted by atomic mass is 10.0. The van der Waals surface area contributed by atoms with E-state index >= 15 is 0 Å². The number of esters is 1. The van der Waals surface area contributed by atoms with E-state index in [1.54, 1.807) is 17.8 Å². The van der Waals surface area contributed by atoms with Crippen LogP contribution in [0.25, 0.3) is 0 Å². The predicted octanol–water partition coefficient (Wildman–Crippen LogP) is 4.19. The second-order valence-corrected chi connectivity index (χ2v) is 7.55. The third kappa shape index (κ3) is 3.20. The van der Waals surface area contributed by atoms with Crippen LogP contribution >= 0.6 is 27.7 Å². The third-order valence-corrected chi connectivity index (χ3v) is 5.27. The molecule has 0 saturated carbocycles. The summed E-state index contributed by atoms with van der Waals surface area (Å²) in [6.07, 6.45) is 0.800. The minimum Gasteiger partial charge on any atom is -0.491 e. The monoisotopic (exact) mass is 356 g/mol. The lowest BCUT2D eigenvalue weighted by molar-refractivity contribution is 0.0599. The van der Waals surface area contributed by atoms with Crippen LogP contribution in [0.2, 0.25) is 0 Å². The van der Waals surface area contributed by atoms with E-state index in [0.717, 1.165) is 28.2 Å². The van der Waals surface area contributed by atoms with Crippen LogP contribution in [0.5, 0.6) is 5.75 Å². The molecule has 0 bridgehead atoms. The van der Waals surface area contributed by atoms with Crippen LogP contribution < -0.4 is 4.74 Å². The normalized spacial score (nSPS) is 17.9. The van der Waals surface area contributed by atoms with Crippen LogP contribution in [0, 0.1) is 0 Å². The highest BCUT2D eigenvalue weighted by molar-refractivity contribution is 9.11. The second kappa shape index (κ2) is 6.22. The van der Waals surface area contributed by atoms with Crippen molar-refractivity contribution in [2.45, 2.75) is 35.4 Å². The Hall–Kier alpha value is -0.940. The molecule has 0 fully saturated rings. The van der Waals surface area contributed by atoms with Gasteiger partial charge in [0.1, 0.15) is 5.75 Å². The molecule has 1 unspecified atom stereocenters. The van der Waals surface area contributed by atoms with Gasteiger partial charge in [0, 0.05) is 10.5 Å². The molecule has 1 heterocycles. The molecule has 0 spiro atoms. The van der Waals surface area contributed by atoms with Crippen molar-refractivity contribution in [1.29, 1.82) is 0 Å². The van der Waals surface area contributed by atoms with E-state index in [-0.39, 0.29) is 16.2 Å².